The van der Waals surface area contributed by atoms with E-state index in [-0.39, 0.29) is 0 Å². The molecular weight excluding hydrogens is 138 g/mol. The Labute approximate surface area is 60.1 Å². The van der Waals surface area contributed by atoms with Gasteiger partial charge in [0.15, 0.2) is 0 Å². The molecule has 0 spiro atoms. The zero-order valence-electron chi connectivity index (χ0n) is 4.92. The molecule has 0 heterocycles. The smallest absolute Gasteiger partial charge is 0.0335 e. The van der Waals surface area contributed by atoms with Crippen LogP contribution in [0.5, 0.6) is 0 Å². The first-order valence-corrected chi connectivity index (χ1v) is 4.14. The van der Waals surface area contributed by atoms with Gasteiger partial charge in [-0.2, -0.15) is 11.8 Å². The first-order chi connectivity index (χ1) is 3.81. The molecule has 0 amide bonds. The molecule has 8 heavy (non-hydrogen) atoms. The molecule has 48 valence electrons. The van der Waals surface area contributed by atoms with Crippen molar-refractivity contribution in [3.05, 3.63) is 11.1 Å². The maximum Gasteiger partial charge on any atom is 0.0335 e. The summed E-state index contributed by atoms with van der Waals surface area (Å²) in [6.07, 6.45) is 0. The molecule has 0 unspecified atom stereocenters. The van der Waals surface area contributed by atoms with Crippen molar-refractivity contribution < 1.29 is 0 Å². The summed E-state index contributed by atoms with van der Waals surface area (Å²) in [5.41, 5.74) is 6.27. The summed E-state index contributed by atoms with van der Waals surface area (Å²) in [5, 5.41) is 1.64. The summed E-state index contributed by atoms with van der Waals surface area (Å²) in [5.74, 6) is 2.02. The maximum absolute atomic E-state index is 5.42. The monoisotopic (exact) mass is 149 g/mol. The quantitative estimate of drug-likeness (QED) is 0.594. The number of thiol groups is 1. The zero-order valence-corrected chi connectivity index (χ0v) is 6.64. The van der Waals surface area contributed by atoms with Crippen molar-refractivity contribution in [1.29, 1.82) is 0 Å². The highest BCUT2D eigenvalue weighted by Crippen LogP contribution is 2.02. The van der Waals surface area contributed by atoms with E-state index in [1.165, 1.54) is 0 Å². The second kappa shape index (κ2) is 5.38. The lowest BCUT2D eigenvalue weighted by Gasteiger charge is -1.94. The van der Waals surface area contributed by atoms with Crippen LogP contribution in [-0.2, 0) is 0 Å². The Hall–Kier alpha value is 0.240. The Balaban J connectivity index is 3.12. The summed E-state index contributed by atoms with van der Waals surface area (Å²) < 4.78 is 0. The van der Waals surface area contributed by atoms with E-state index in [1.54, 1.807) is 17.2 Å². The largest absolute Gasteiger partial charge is 0.401 e. The Bertz CT molecular complexity index is 80.5. The van der Waals surface area contributed by atoms with Gasteiger partial charge < -0.3 is 5.73 Å². The molecule has 0 aromatic heterocycles. The summed E-state index contributed by atoms with van der Waals surface area (Å²) in [7, 11) is 0. The van der Waals surface area contributed by atoms with Crippen LogP contribution in [0.15, 0.2) is 11.1 Å². The van der Waals surface area contributed by atoms with Gasteiger partial charge >= 0.3 is 0 Å². The number of nitrogens with two attached hydrogens (primary N) is 1. The maximum atomic E-state index is 5.42. The predicted molar refractivity (Wildman–Crippen MR) is 44.3 cm³/mol. The Morgan fingerprint density at radius 2 is 2.50 bits per heavy atom. The molecule has 0 saturated heterocycles. The highest BCUT2D eigenvalue weighted by molar-refractivity contribution is 7.99. The third kappa shape index (κ3) is 4.40. The van der Waals surface area contributed by atoms with Crippen LogP contribution in [0.4, 0.5) is 0 Å². The standard InChI is InChI=1S/C5H11NS2/c1-2-8-4-5(6)3-7/h3,7H,2,4,6H2,1H3/b5-3-. The highest BCUT2D eigenvalue weighted by atomic mass is 32.2. The van der Waals surface area contributed by atoms with E-state index in [0.29, 0.717) is 0 Å². The SMILES string of the molecule is CCSC/C(N)=C/S. The minimum Gasteiger partial charge on any atom is -0.401 e. The Kier molecular flexibility index (Phi) is 5.54. The molecule has 0 rings (SSSR count). The molecule has 0 aliphatic carbocycles. The molecule has 3 heteroatoms. The van der Waals surface area contributed by atoms with Crippen molar-refractivity contribution in [3.63, 3.8) is 0 Å². The van der Waals surface area contributed by atoms with E-state index in [4.69, 9.17) is 5.73 Å². The van der Waals surface area contributed by atoms with Crippen LogP contribution >= 0.6 is 24.4 Å². The van der Waals surface area contributed by atoms with Crippen molar-refractivity contribution in [1.82, 2.24) is 0 Å². The Morgan fingerprint density at radius 3 is 2.88 bits per heavy atom. The van der Waals surface area contributed by atoms with Crippen molar-refractivity contribution in [3.8, 4) is 0 Å². The summed E-state index contributed by atoms with van der Waals surface area (Å²) >= 11 is 5.69. The van der Waals surface area contributed by atoms with Crippen LogP contribution in [0.25, 0.3) is 0 Å². The minimum atomic E-state index is 0.847. The molecule has 0 aromatic rings. The summed E-state index contributed by atoms with van der Waals surface area (Å²) in [4.78, 5) is 0. The third-order valence-corrected chi connectivity index (χ3v) is 1.92. The van der Waals surface area contributed by atoms with Crippen LogP contribution < -0.4 is 5.73 Å². The molecule has 0 bridgehead atoms. The van der Waals surface area contributed by atoms with Gasteiger partial charge in [0.1, 0.15) is 0 Å². The molecule has 1 nitrogen and oxygen atoms in total. The lowest BCUT2D eigenvalue weighted by atomic mass is 10.6. The first-order valence-electron chi connectivity index (χ1n) is 2.47. The van der Waals surface area contributed by atoms with Gasteiger partial charge in [-0.15, -0.1) is 12.6 Å². The first kappa shape index (κ1) is 8.24. The topological polar surface area (TPSA) is 26.0 Å². The van der Waals surface area contributed by atoms with Gasteiger partial charge in [0.05, 0.1) is 0 Å². The number of hydrogen-bond acceptors (Lipinski definition) is 3. The molecule has 0 aliphatic rings. The fraction of sp³-hybridized carbons (Fsp3) is 0.600. The van der Waals surface area contributed by atoms with Gasteiger partial charge in [0.25, 0.3) is 0 Å². The highest BCUT2D eigenvalue weighted by Gasteiger charge is 1.84. The van der Waals surface area contributed by atoms with Gasteiger partial charge in [-0.25, -0.2) is 0 Å². The van der Waals surface area contributed by atoms with Gasteiger partial charge in [-0.1, -0.05) is 6.92 Å². The van der Waals surface area contributed by atoms with E-state index in [0.717, 1.165) is 17.2 Å². The third-order valence-electron chi connectivity index (χ3n) is 0.639. The lowest BCUT2D eigenvalue weighted by molar-refractivity contribution is 1.34. The van der Waals surface area contributed by atoms with Crippen molar-refractivity contribution in [2.45, 2.75) is 6.92 Å². The predicted octanol–water partition coefficient (Wildman–Crippen LogP) is 1.47. The van der Waals surface area contributed by atoms with E-state index in [1.807, 2.05) is 0 Å². The van der Waals surface area contributed by atoms with Crippen LogP contribution in [-0.4, -0.2) is 11.5 Å². The number of thioether (sulfide) groups is 1. The fourth-order valence-electron chi connectivity index (χ4n) is 0.257. The van der Waals surface area contributed by atoms with Gasteiger partial charge in [-0.3, -0.25) is 0 Å². The molecule has 0 aromatic carbocycles. The van der Waals surface area contributed by atoms with E-state index in [9.17, 15) is 0 Å². The van der Waals surface area contributed by atoms with E-state index >= 15 is 0 Å². The van der Waals surface area contributed by atoms with Crippen LogP contribution in [0.2, 0.25) is 0 Å². The zero-order chi connectivity index (χ0) is 6.41. The number of hydrogen-bond donors (Lipinski definition) is 2. The fourth-order valence-corrected chi connectivity index (χ4v) is 0.995. The van der Waals surface area contributed by atoms with Gasteiger partial charge in [0, 0.05) is 11.4 Å². The Morgan fingerprint density at radius 1 is 1.88 bits per heavy atom. The lowest BCUT2D eigenvalue weighted by Crippen LogP contribution is -1.98. The second-order valence-electron chi connectivity index (χ2n) is 1.34. The molecule has 0 radical (unpaired) electrons. The molecule has 0 aliphatic heterocycles. The number of rotatable bonds is 3. The van der Waals surface area contributed by atoms with Crippen molar-refractivity contribution >= 4 is 24.4 Å². The van der Waals surface area contributed by atoms with Gasteiger partial charge in [0.2, 0.25) is 0 Å². The van der Waals surface area contributed by atoms with E-state index < -0.39 is 0 Å². The molecule has 0 atom stereocenters. The van der Waals surface area contributed by atoms with Crippen molar-refractivity contribution in [2.24, 2.45) is 5.73 Å². The van der Waals surface area contributed by atoms with Crippen molar-refractivity contribution in [2.75, 3.05) is 11.5 Å². The molecule has 2 N–H and O–H groups in total. The summed E-state index contributed by atoms with van der Waals surface area (Å²) in [6, 6.07) is 0. The average Bonchev–Trinajstić information content (AvgIpc) is 1.83. The average molecular weight is 149 g/mol. The molecule has 0 saturated carbocycles. The van der Waals surface area contributed by atoms with Crippen LogP contribution in [0.3, 0.4) is 0 Å². The van der Waals surface area contributed by atoms with Crippen LogP contribution in [0, 0.1) is 0 Å². The summed E-state index contributed by atoms with van der Waals surface area (Å²) in [6.45, 7) is 2.11. The van der Waals surface area contributed by atoms with Crippen LogP contribution in [0.1, 0.15) is 6.92 Å². The second-order valence-corrected chi connectivity index (χ2v) is 2.87. The minimum absolute atomic E-state index is 0.847. The molecular formula is C5H11NS2. The van der Waals surface area contributed by atoms with E-state index in [2.05, 4.69) is 19.6 Å². The molecule has 0 fully saturated rings. The normalized spacial score (nSPS) is 12.0. The van der Waals surface area contributed by atoms with Gasteiger partial charge in [-0.05, 0) is 11.2 Å².